The maximum atomic E-state index is 12.6. The summed E-state index contributed by atoms with van der Waals surface area (Å²) < 4.78 is 15.5. The van der Waals surface area contributed by atoms with Gasteiger partial charge in [-0.2, -0.15) is 0 Å². The molecule has 0 atom stereocenters. The van der Waals surface area contributed by atoms with Gasteiger partial charge in [-0.1, -0.05) is 6.07 Å². The van der Waals surface area contributed by atoms with Gasteiger partial charge in [-0.15, -0.1) is 11.3 Å². The van der Waals surface area contributed by atoms with Crippen molar-refractivity contribution in [2.75, 3.05) is 19.5 Å². The first-order valence-electron chi connectivity index (χ1n) is 8.19. The van der Waals surface area contributed by atoms with E-state index in [1.54, 1.807) is 30.3 Å². The van der Waals surface area contributed by atoms with Crippen molar-refractivity contribution in [3.05, 3.63) is 57.9 Å². The average Bonchev–Trinajstić information content (AvgIpc) is 3.32. The van der Waals surface area contributed by atoms with Gasteiger partial charge in [0, 0.05) is 22.6 Å². The van der Waals surface area contributed by atoms with Gasteiger partial charge in [0.25, 0.3) is 5.91 Å². The van der Waals surface area contributed by atoms with Crippen LogP contribution in [0.3, 0.4) is 0 Å². The predicted molar refractivity (Wildman–Crippen MR) is 105 cm³/mol. The van der Waals surface area contributed by atoms with Crippen molar-refractivity contribution in [2.24, 2.45) is 0 Å². The van der Waals surface area contributed by atoms with E-state index in [4.69, 9.17) is 13.9 Å². The number of hydrogen-bond donors (Lipinski definition) is 2. The average molecular weight is 397 g/mol. The third-order valence-electron chi connectivity index (χ3n) is 4.06. The molecular formula is C19H15N3O5S. The molecule has 8 nitrogen and oxygen atoms in total. The lowest BCUT2D eigenvalue weighted by Crippen LogP contribution is -2.12. The van der Waals surface area contributed by atoms with E-state index in [9.17, 15) is 9.59 Å². The molecule has 0 radical (unpaired) electrons. The molecule has 0 fully saturated rings. The van der Waals surface area contributed by atoms with Crippen LogP contribution in [0.5, 0.6) is 11.5 Å². The molecule has 2 aromatic heterocycles. The number of anilines is 1. The van der Waals surface area contributed by atoms with Crippen molar-refractivity contribution in [1.29, 1.82) is 0 Å². The van der Waals surface area contributed by atoms with Crippen molar-refractivity contribution in [3.8, 4) is 22.8 Å². The summed E-state index contributed by atoms with van der Waals surface area (Å²) in [6.45, 7) is 0. The molecule has 0 spiro atoms. The minimum Gasteiger partial charge on any atom is -0.497 e. The normalized spacial score (nSPS) is 10.8. The van der Waals surface area contributed by atoms with Crippen LogP contribution < -0.4 is 20.5 Å². The van der Waals surface area contributed by atoms with Crippen LogP contribution in [0.4, 0.5) is 5.13 Å². The molecule has 2 heterocycles. The monoisotopic (exact) mass is 397 g/mol. The summed E-state index contributed by atoms with van der Waals surface area (Å²) in [5, 5.41) is 5.03. The lowest BCUT2D eigenvalue weighted by atomic mass is 10.1. The molecule has 2 aromatic carbocycles. The van der Waals surface area contributed by atoms with Crippen LogP contribution in [0.25, 0.3) is 22.4 Å². The molecule has 0 aliphatic rings. The number of hydrogen-bond acceptors (Lipinski definition) is 7. The number of methoxy groups -OCH3 is 2. The Bertz CT molecular complexity index is 1200. The molecule has 142 valence electrons. The minimum absolute atomic E-state index is 0.329. The number of ether oxygens (including phenoxy) is 2. The summed E-state index contributed by atoms with van der Waals surface area (Å²) >= 11 is 1.29. The lowest BCUT2D eigenvalue weighted by molar-refractivity contribution is 0.102. The second-order valence-corrected chi connectivity index (χ2v) is 6.68. The maximum Gasteiger partial charge on any atom is 0.417 e. The highest BCUT2D eigenvalue weighted by atomic mass is 32.1. The van der Waals surface area contributed by atoms with Gasteiger partial charge in [-0.25, -0.2) is 9.78 Å². The Kier molecular flexibility index (Phi) is 4.58. The topological polar surface area (TPSA) is 106 Å². The zero-order valence-electron chi connectivity index (χ0n) is 14.9. The van der Waals surface area contributed by atoms with Crippen molar-refractivity contribution >= 4 is 33.5 Å². The Balaban J connectivity index is 1.57. The lowest BCUT2D eigenvalue weighted by Gasteiger charge is -2.08. The predicted octanol–water partition coefficient (Wildman–Crippen LogP) is 3.51. The number of H-pyrrole nitrogens is 1. The summed E-state index contributed by atoms with van der Waals surface area (Å²) in [4.78, 5) is 30.9. The molecule has 0 unspecified atom stereocenters. The largest absolute Gasteiger partial charge is 0.497 e. The summed E-state index contributed by atoms with van der Waals surface area (Å²) in [6, 6.07) is 10.2. The number of nitrogens with one attached hydrogen (secondary N) is 2. The van der Waals surface area contributed by atoms with Crippen LogP contribution in [0.2, 0.25) is 0 Å². The van der Waals surface area contributed by atoms with Gasteiger partial charge in [0.15, 0.2) is 10.7 Å². The number of carbonyl (C=O) groups excluding carboxylic acids is 1. The Morgan fingerprint density at radius 1 is 1.14 bits per heavy atom. The summed E-state index contributed by atoms with van der Waals surface area (Å²) in [6.07, 6.45) is 0. The van der Waals surface area contributed by atoms with Gasteiger partial charge in [-0.3, -0.25) is 15.1 Å². The second kappa shape index (κ2) is 7.20. The number of amides is 1. The number of rotatable bonds is 5. The molecule has 0 saturated heterocycles. The van der Waals surface area contributed by atoms with Crippen molar-refractivity contribution in [1.82, 2.24) is 9.97 Å². The molecule has 1 amide bonds. The zero-order valence-corrected chi connectivity index (χ0v) is 15.8. The van der Waals surface area contributed by atoms with Gasteiger partial charge in [0.2, 0.25) is 0 Å². The quantitative estimate of drug-likeness (QED) is 0.534. The second-order valence-electron chi connectivity index (χ2n) is 5.82. The highest BCUT2D eigenvalue weighted by Crippen LogP contribution is 2.28. The molecule has 4 aromatic rings. The number of fused-ring (bicyclic) bond motifs is 1. The van der Waals surface area contributed by atoms with Crippen LogP contribution in [0, 0.1) is 0 Å². The summed E-state index contributed by atoms with van der Waals surface area (Å²) in [7, 11) is 3.04. The van der Waals surface area contributed by atoms with E-state index in [-0.39, 0.29) is 5.91 Å². The van der Waals surface area contributed by atoms with E-state index in [1.165, 1.54) is 25.6 Å². The first-order valence-corrected chi connectivity index (χ1v) is 9.07. The van der Waals surface area contributed by atoms with E-state index < -0.39 is 5.76 Å². The number of benzene rings is 2. The number of nitrogens with zero attached hydrogens (tertiary/aromatic N) is 1. The van der Waals surface area contributed by atoms with Crippen molar-refractivity contribution in [3.63, 3.8) is 0 Å². The fourth-order valence-electron chi connectivity index (χ4n) is 2.68. The highest BCUT2D eigenvalue weighted by molar-refractivity contribution is 7.14. The Hall–Kier alpha value is -3.59. The van der Waals surface area contributed by atoms with Crippen LogP contribution in [-0.4, -0.2) is 30.1 Å². The van der Waals surface area contributed by atoms with Gasteiger partial charge >= 0.3 is 5.76 Å². The van der Waals surface area contributed by atoms with Gasteiger partial charge in [0.05, 0.1) is 25.4 Å². The molecule has 0 bridgehead atoms. The fraction of sp³-hybridized carbons (Fsp3) is 0.105. The smallest absolute Gasteiger partial charge is 0.417 e. The number of carbonyl (C=O) groups is 1. The molecular weight excluding hydrogens is 382 g/mol. The molecule has 2 N–H and O–H groups in total. The van der Waals surface area contributed by atoms with Gasteiger partial charge in [0.1, 0.15) is 11.5 Å². The first kappa shape index (κ1) is 17.8. The van der Waals surface area contributed by atoms with Crippen molar-refractivity contribution in [2.45, 2.75) is 0 Å². The van der Waals surface area contributed by atoms with E-state index in [1.807, 2.05) is 11.4 Å². The first-order chi connectivity index (χ1) is 13.6. The van der Waals surface area contributed by atoms with Gasteiger partial charge in [-0.05, 0) is 24.3 Å². The van der Waals surface area contributed by atoms with Crippen LogP contribution >= 0.6 is 11.3 Å². The molecule has 0 aliphatic carbocycles. The van der Waals surface area contributed by atoms with E-state index in [0.29, 0.717) is 39.0 Å². The van der Waals surface area contributed by atoms with Crippen molar-refractivity contribution < 1.29 is 18.7 Å². The Labute approximate surface area is 162 Å². The Morgan fingerprint density at radius 3 is 2.61 bits per heavy atom. The number of oxazole rings is 1. The SMILES string of the molecule is COc1cc(OC)cc(C(=O)Nc2nc(-c3ccc4[nH]c(=O)oc4c3)cs2)c1. The molecule has 0 aliphatic heterocycles. The molecule has 4 rings (SSSR count). The number of aromatic amines is 1. The third kappa shape index (κ3) is 3.47. The highest BCUT2D eigenvalue weighted by Gasteiger charge is 2.13. The van der Waals surface area contributed by atoms with Crippen LogP contribution in [0.15, 0.2) is 51.0 Å². The van der Waals surface area contributed by atoms with Crippen LogP contribution in [-0.2, 0) is 0 Å². The minimum atomic E-state index is -0.507. The third-order valence-corrected chi connectivity index (χ3v) is 4.81. The summed E-state index contributed by atoms with van der Waals surface area (Å²) in [5.41, 5.74) is 2.89. The van der Waals surface area contributed by atoms with E-state index in [2.05, 4.69) is 15.3 Å². The molecule has 28 heavy (non-hydrogen) atoms. The van der Waals surface area contributed by atoms with E-state index >= 15 is 0 Å². The molecule has 0 saturated carbocycles. The molecule has 9 heteroatoms. The van der Waals surface area contributed by atoms with Gasteiger partial charge < -0.3 is 13.9 Å². The van der Waals surface area contributed by atoms with E-state index in [0.717, 1.165) is 5.56 Å². The van der Waals surface area contributed by atoms with Crippen LogP contribution in [0.1, 0.15) is 10.4 Å². The maximum absolute atomic E-state index is 12.6. The fourth-order valence-corrected chi connectivity index (χ4v) is 3.39. The number of thiazole rings is 1. The standard InChI is InChI=1S/C19H15N3O5S/c1-25-12-5-11(6-13(8-12)26-2)17(23)22-18-20-15(9-28-18)10-3-4-14-16(7-10)27-19(24)21-14/h3-9H,1-2H3,(H,21,24)(H,20,22,23). The zero-order chi connectivity index (χ0) is 19.7. The summed E-state index contributed by atoms with van der Waals surface area (Å²) in [5.74, 6) is 0.202. The Morgan fingerprint density at radius 2 is 1.89 bits per heavy atom. The number of aromatic nitrogens is 2.